The molecule has 106 valence electrons. The van der Waals surface area contributed by atoms with E-state index < -0.39 is 0 Å². The standard InChI is InChI=1S/C14H21ClN2OS/c1-9-3-10(2)5-12(4-9)17-14(18)16-6-11-7-19-8-13(11)15/h7-10,12H,3-6H2,1-2H3,(H2,16,17,18). The molecule has 19 heavy (non-hydrogen) atoms. The number of urea groups is 1. The lowest BCUT2D eigenvalue weighted by Gasteiger charge is -2.31. The Morgan fingerprint density at radius 1 is 1.32 bits per heavy atom. The van der Waals surface area contributed by atoms with E-state index in [0.29, 0.717) is 24.4 Å². The minimum Gasteiger partial charge on any atom is -0.335 e. The van der Waals surface area contributed by atoms with Gasteiger partial charge in [0.15, 0.2) is 0 Å². The second-order valence-electron chi connectivity index (χ2n) is 5.69. The molecule has 0 aliphatic heterocycles. The summed E-state index contributed by atoms with van der Waals surface area (Å²) in [6, 6.07) is 0.213. The lowest BCUT2D eigenvalue weighted by atomic mass is 9.80. The van der Waals surface area contributed by atoms with Gasteiger partial charge in [0, 0.05) is 23.5 Å². The van der Waals surface area contributed by atoms with Gasteiger partial charge in [-0.25, -0.2) is 4.79 Å². The number of halogens is 1. The third-order valence-electron chi connectivity index (χ3n) is 3.64. The Morgan fingerprint density at radius 3 is 2.58 bits per heavy atom. The molecule has 1 aliphatic carbocycles. The summed E-state index contributed by atoms with van der Waals surface area (Å²) in [6.07, 6.45) is 3.43. The first-order chi connectivity index (χ1) is 9.04. The highest BCUT2D eigenvalue weighted by atomic mass is 35.5. The van der Waals surface area contributed by atoms with Crippen LogP contribution in [0.15, 0.2) is 10.8 Å². The van der Waals surface area contributed by atoms with Crippen LogP contribution < -0.4 is 10.6 Å². The van der Waals surface area contributed by atoms with Crippen molar-refractivity contribution in [2.75, 3.05) is 0 Å². The lowest BCUT2D eigenvalue weighted by molar-refractivity contribution is 0.213. The van der Waals surface area contributed by atoms with Gasteiger partial charge < -0.3 is 10.6 Å². The van der Waals surface area contributed by atoms with Crippen molar-refractivity contribution in [1.82, 2.24) is 10.6 Å². The summed E-state index contributed by atoms with van der Waals surface area (Å²) < 4.78 is 0. The van der Waals surface area contributed by atoms with Crippen molar-refractivity contribution in [2.45, 2.75) is 45.7 Å². The van der Waals surface area contributed by atoms with Crippen LogP contribution in [0.3, 0.4) is 0 Å². The predicted molar refractivity (Wildman–Crippen MR) is 80.7 cm³/mol. The van der Waals surface area contributed by atoms with E-state index in [4.69, 9.17) is 11.6 Å². The van der Waals surface area contributed by atoms with E-state index >= 15 is 0 Å². The number of amides is 2. The molecule has 0 aromatic carbocycles. The number of thiophene rings is 1. The Morgan fingerprint density at radius 2 is 2.00 bits per heavy atom. The van der Waals surface area contributed by atoms with Gasteiger partial charge in [-0.1, -0.05) is 25.4 Å². The van der Waals surface area contributed by atoms with Crippen LogP contribution in [0.1, 0.15) is 38.7 Å². The maximum absolute atomic E-state index is 11.9. The Labute approximate surface area is 123 Å². The van der Waals surface area contributed by atoms with Crippen LogP contribution in [0.5, 0.6) is 0 Å². The second kappa shape index (κ2) is 6.62. The summed E-state index contributed by atoms with van der Waals surface area (Å²) in [6.45, 7) is 5.01. The van der Waals surface area contributed by atoms with Gasteiger partial charge in [0.25, 0.3) is 0 Å². The highest BCUT2D eigenvalue weighted by Crippen LogP contribution is 2.28. The van der Waals surface area contributed by atoms with Gasteiger partial charge in [0.2, 0.25) is 0 Å². The molecule has 1 heterocycles. The highest BCUT2D eigenvalue weighted by Gasteiger charge is 2.24. The quantitative estimate of drug-likeness (QED) is 0.869. The zero-order chi connectivity index (χ0) is 13.8. The van der Waals surface area contributed by atoms with Crippen LogP contribution in [0.25, 0.3) is 0 Å². The Kier molecular flexibility index (Phi) is 5.11. The molecular weight excluding hydrogens is 280 g/mol. The van der Waals surface area contributed by atoms with Crippen molar-refractivity contribution in [1.29, 1.82) is 0 Å². The van der Waals surface area contributed by atoms with Crippen LogP contribution in [-0.2, 0) is 6.54 Å². The van der Waals surface area contributed by atoms with E-state index in [1.165, 1.54) is 6.42 Å². The van der Waals surface area contributed by atoms with Crippen LogP contribution in [-0.4, -0.2) is 12.1 Å². The fourth-order valence-electron chi connectivity index (χ4n) is 2.91. The van der Waals surface area contributed by atoms with Gasteiger partial charge in [-0.2, -0.15) is 11.3 Å². The molecule has 2 amide bonds. The van der Waals surface area contributed by atoms with Crippen molar-refractivity contribution in [2.24, 2.45) is 11.8 Å². The van der Waals surface area contributed by atoms with Gasteiger partial charge in [0.1, 0.15) is 0 Å². The van der Waals surface area contributed by atoms with E-state index in [1.807, 2.05) is 10.8 Å². The van der Waals surface area contributed by atoms with Gasteiger partial charge >= 0.3 is 6.03 Å². The average Bonchev–Trinajstić information content (AvgIpc) is 2.71. The number of hydrogen-bond acceptors (Lipinski definition) is 2. The average molecular weight is 301 g/mol. The van der Waals surface area contributed by atoms with Crippen LogP contribution in [0.2, 0.25) is 5.02 Å². The van der Waals surface area contributed by atoms with Gasteiger partial charge in [-0.05, 0) is 36.5 Å². The molecule has 1 aliphatic rings. The third kappa shape index (κ3) is 4.39. The molecule has 2 rings (SSSR count). The predicted octanol–water partition coefficient (Wildman–Crippen LogP) is 4.03. The van der Waals surface area contributed by atoms with E-state index in [0.717, 1.165) is 23.4 Å². The summed E-state index contributed by atoms with van der Waals surface area (Å²) in [5, 5.41) is 10.5. The topological polar surface area (TPSA) is 41.1 Å². The van der Waals surface area contributed by atoms with Crippen LogP contribution in [0.4, 0.5) is 4.79 Å². The molecule has 2 atom stereocenters. The highest BCUT2D eigenvalue weighted by molar-refractivity contribution is 7.08. The maximum atomic E-state index is 11.9. The molecule has 1 fully saturated rings. The van der Waals surface area contributed by atoms with Crippen molar-refractivity contribution in [3.05, 3.63) is 21.3 Å². The molecular formula is C14H21ClN2OS. The molecule has 0 saturated heterocycles. The first-order valence-corrected chi connectivity index (χ1v) is 8.11. The summed E-state index contributed by atoms with van der Waals surface area (Å²) in [5.41, 5.74) is 0.979. The minimum absolute atomic E-state index is 0.0893. The number of rotatable bonds is 3. The van der Waals surface area contributed by atoms with Crippen LogP contribution in [0, 0.1) is 11.8 Å². The maximum Gasteiger partial charge on any atom is 0.315 e. The molecule has 1 aromatic heterocycles. The SMILES string of the molecule is CC1CC(C)CC(NC(=O)NCc2cscc2Cl)C1. The van der Waals surface area contributed by atoms with Gasteiger partial charge in [-0.15, -0.1) is 0 Å². The summed E-state index contributed by atoms with van der Waals surface area (Å²) in [7, 11) is 0. The summed E-state index contributed by atoms with van der Waals surface area (Å²) in [5.74, 6) is 1.39. The van der Waals surface area contributed by atoms with Crippen molar-refractivity contribution in [3.63, 3.8) is 0 Å². The first-order valence-electron chi connectivity index (χ1n) is 6.79. The molecule has 1 aromatic rings. The van der Waals surface area contributed by atoms with E-state index in [9.17, 15) is 4.79 Å². The smallest absolute Gasteiger partial charge is 0.315 e. The zero-order valence-electron chi connectivity index (χ0n) is 11.4. The summed E-state index contributed by atoms with van der Waals surface area (Å²) >= 11 is 7.54. The Balaban J connectivity index is 1.76. The van der Waals surface area contributed by atoms with E-state index in [1.54, 1.807) is 11.3 Å². The normalized spacial score (nSPS) is 27.0. The summed E-state index contributed by atoms with van der Waals surface area (Å²) in [4.78, 5) is 11.9. The van der Waals surface area contributed by atoms with Gasteiger partial charge in [0.05, 0.1) is 5.02 Å². The van der Waals surface area contributed by atoms with Crippen molar-refractivity contribution in [3.8, 4) is 0 Å². The molecule has 0 bridgehead atoms. The third-order valence-corrected chi connectivity index (χ3v) is 4.92. The number of nitrogens with one attached hydrogen (secondary N) is 2. The largest absolute Gasteiger partial charge is 0.335 e. The second-order valence-corrected chi connectivity index (χ2v) is 6.84. The van der Waals surface area contributed by atoms with Crippen LogP contribution >= 0.6 is 22.9 Å². The van der Waals surface area contributed by atoms with Crippen molar-refractivity contribution < 1.29 is 4.79 Å². The minimum atomic E-state index is -0.0893. The van der Waals surface area contributed by atoms with E-state index in [2.05, 4.69) is 24.5 Å². The molecule has 2 N–H and O–H groups in total. The monoisotopic (exact) mass is 300 g/mol. The fourth-order valence-corrected chi connectivity index (χ4v) is 3.96. The number of hydrogen-bond donors (Lipinski definition) is 2. The number of carbonyl (C=O) groups excluding carboxylic acids is 1. The molecule has 3 nitrogen and oxygen atoms in total. The fraction of sp³-hybridized carbons (Fsp3) is 0.643. The Bertz CT molecular complexity index is 425. The molecule has 2 unspecified atom stereocenters. The molecule has 5 heteroatoms. The number of carbonyl (C=O) groups is 1. The Hall–Kier alpha value is -0.740. The zero-order valence-corrected chi connectivity index (χ0v) is 13.0. The first kappa shape index (κ1) is 14.7. The molecule has 1 saturated carbocycles. The molecule has 0 radical (unpaired) electrons. The molecule has 0 spiro atoms. The van der Waals surface area contributed by atoms with Gasteiger partial charge in [-0.3, -0.25) is 0 Å². The van der Waals surface area contributed by atoms with Crippen molar-refractivity contribution >= 4 is 29.0 Å². The van der Waals surface area contributed by atoms with E-state index in [-0.39, 0.29) is 6.03 Å². The lowest BCUT2D eigenvalue weighted by Crippen LogP contribution is -2.44.